The summed E-state index contributed by atoms with van der Waals surface area (Å²) in [5.74, 6) is 5.14. The molecule has 1 unspecified atom stereocenters. The minimum absolute atomic E-state index is 0.0433. The Kier molecular flexibility index (Phi) is 7.61. The summed E-state index contributed by atoms with van der Waals surface area (Å²) in [6.07, 6.45) is 2.40. The van der Waals surface area contributed by atoms with Gasteiger partial charge in [0.15, 0.2) is 0 Å². The fraction of sp³-hybridized carbons (Fsp3) is 0.318. The molecule has 0 saturated heterocycles. The normalized spacial score (nSPS) is 11.6. The zero-order chi connectivity index (χ0) is 21.3. The zero-order valence-electron chi connectivity index (χ0n) is 16.8. The molecule has 1 aromatic heterocycles. The number of alkyl carbamates (subject to hydrolysis) is 1. The third-order valence-corrected chi connectivity index (χ3v) is 3.50. The van der Waals surface area contributed by atoms with Crippen LogP contribution >= 0.6 is 0 Å². The second-order valence-electron chi connectivity index (χ2n) is 7.30. The van der Waals surface area contributed by atoms with Gasteiger partial charge in [0.1, 0.15) is 18.2 Å². The van der Waals surface area contributed by atoms with E-state index >= 15 is 0 Å². The standard InChI is InChI=1S/C22H25N3O4/c1-22(2,3)29-21(27)25-19(11-7-10-17-12-18(23)14-24-13-17)20(26)28-15-16-8-5-4-6-9-16/h4-6,8-9,12-14,19H,11,15,23H2,1-3H3,(H,25,27). The molecule has 1 aromatic carbocycles. The van der Waals surface area contributed by atoms with Crippen LogP contribution < -0.4 is 11.1 Å². The molecule has 152 valence electrons. The van der Waals surface area contributed by atoms with Crippen molar-refractivity contribution in [2.24, 2.45) is 0 Å². The fourth-order valence-corrected chi connectivity index (χ4v) is 2.25. The maximum Gasteiger partial charge on any atom is 0.408 e. The quantitative estimate of drug-likeness (QED) is 0.596. The number of aromatic nitrogens is 1. The first-order valence-corrected chi connectivity index (χ1v) is 9.12. The van der Waals surface area contributed by atoms with E-state index in [2.05, 4.69) is 22.1 Å². The Balaban J connectivity index is 2.05. The van der Waals surface area contributed by atoms with E-state index in [4.69, 9.17) is 15.2 Å². The number of carbonyl (C=O) groups is 2. The van der Waals surface area contributed by atoms with Crippen molar-refractivity contribution in [3.63, 3.8) is 0 Å². The number of nitrogens with two attached hydrogens (primary N) is 1. The SMILES string of the molecule is CC(C)(C)OC(=O)NC(CC#Cc1cncc(N)c1)C(=O)OCc1ccccc1. The Morgan fingerprint density at radius 1 is 1.21 bits per heavy atom. The van der Waals surface area contributed by atoms with Crippen LogP contribution in [0.1, 0.15) is 38.3 Å². The molecular weight excluding hydrogens is 370 g/mol. The number of rotatable bonds is 5. The highest BCUT2D eigenvalue weighted by molar-refractivity contribution is 5.81. The topological polar surface area (TPSA) is 104 Å². The van der Waals surface area contributed by atoms with Gasteiger partial charge in [0, 0.05) is 24.4 Å². The van der Waals surface area contributed by atoms with Gasteiger partial charge in [0.05, 0.1) is 5.69 Å². The maximum atomic E-state index is 12.5. The third kappa shape index (κ3) is 8.35. The average molecular weight is 395 g/mol. The molecule has 0 aliphatic carbocycles. The smallest absolute Gasteiger partial charge is 0.408 e. The molecule has 0 saturated carbocycles. The summed E-state index contributed by atoms with van der Waals surface area (Å²) in [5, 5.41) is 2.53. The molecule has 1 heterocycles. The number of hydrogen-bond donors (Lipinski definition) is 2. The second-order valence-corrected chi connectivity index (χ2v) is 7.30. The zero-order valence-corrected chi connectivity index (χ0v) is 16.8. The lowest BCUT2D eigenvalue weighted by molar-refractivity contribution is -0.147. The molecule has 29 heavy (non-hydrogen) atoms. The predicted octanol–water partition coefficient (Wildman–Crippen LogP) is 3.04. The summed E-state index contributed by atoms with van der Waals surface area (Å²) in [6.45, 7) is 5.31. The monoisotopic (exact) mass is 395 g/mol. The van der Waals surface area contributed by atoms with Crippen molar-refractivity contribution < 1.29 is 19.1 Å². The van der Waals surface area contributed by atoms with Crippen molar-refractivity contribution in [3.05, 3.63) is 59.9 Å². The van der Waals surface area contributed by atoms with Crippen molar-refractivity contribution in [2.75, 3.05) is 5.73 Å². The van der Waals surface area contributed by atoms with Crippen LogP contribution in [-0.4, -0.2) is 28.7 Å². The third-order valence-electron chi connectivity index (χ3n) is 3.50. The Hall–Kier alpha value is -3.53. The van der Waals surface area contributed by atoms with Crippen LogP contribution in [0.4, 0.5) is 10.5 Å². The van der Waals surface area contributed by atoms with Crippen molar-refractivity contribution in [2.45, 2.75) is 45.4 Å². The average Bonchev–Trinajstić information content (AvgIpc) is 2.65. The molecule has 0 fully saturated rings. The van der Waals surface area contributed by atoms with E-state index in [1.165, 1.54) is 6.20 Å². The molecule has 2 rings (SSSR count). The van der Waals surface area contributed by atoms with Crippen molar-refractivity contribution in [1.29, 1.82) is 0 Å². The van der Waals surface area contributed by atoms with Crippen molar-refractivity contribution in [3.8, 4) is 11.8 Å². The predicted molar refractivity (Wildman–Crippen MR) is 110 cm³/mol. The van der Waals surface area contributed by atoms with Gasteiger partial charge >= 0.3 is 12.1 Å². The van der Waals surface area contributed by atoms with Crippen LogP contribution in [0.5, 0.6) is 0 Å². The molecular formula is C22H25N3O4. The molecule has 7 heteroatoms. The molecule has 0 aliphatic rings. The molecule has 2 aromatic rings. The lowest BCUT2D eigenvalue weighted by atomic mass is 10.2. The minimum atomic E-state index is -0.977. The van der Waals surface area contributed by atoms with Gasteiger partial charge in [-0.3, -0.25) is 4.98 Å². The molecule has 0 bridgehead atoms. The number of pyridine rings is 1. The van der Waals surface area contributed by atoms with Crippen molar-refractivity contribution >= 4 is 17.7 Å². The first-order chi connectivity index (χ1) is 13.7. The number of ether oxygens (including phenoxy) is 2. The summed E-state index contributed by atoms with van der Waals surface area (Å²) in [4.78, 5) is 28.6. The van der Waals surface area contributed by atoms with Crippen molar-refractivity contribution in [1.82, 2.24) is 10.3 Å². The molecule has 1 atom stereocenters. The van der Waals surface area contributed by atoms with E-state index in [9.17, 15) is 9.59 Å². The van der Waals surface area contributed by atoms with Crippen LogP contribution in [0.15, 0.2) is 48.8 Å². The largest absolute Gasteiger partial charge is 0.459 e. The minimum Gasteiger partial charge on any atom is -0.459 e. The molecule has 0 aliphatic heterocycles. The van der Waals surface area contributed by atoms with Gasteiger partial charge in [0.25, 0.3) is 0 Å². The van der Waals surface area contributed by atoms with Gasteiger partial charge in [-0.15, -0.1) is 0 Å². The second kappa shape index (κ2) is 10.1. The lowest BCUT2D eigenvalue weighted by Gasteiger charge is -2.22. The summed E-state index contributed by atoms with van der Waals surface area (Å²) in [6, 6.07) is 9.96. The number of benzene rings is 1. The van der Waals surface area contributed by atoms with Crippen LogP contribution in [0.2, 0.25) is 0 Å². The first-order valence-electron chi connectivity index (χ1n) is 9.12. The summed E-state index contributed by atoms with van der Waals surface area (Å²) >= 11 is 0. The number of nitrogens with one attached hydrogen (secondary N) is 1. The van der Waals surface area contributed by atoms with Crippen LogP contribution in [0.3, 0.4) is 0 Å². The van der Waals surface area contributed by atoms with E-state index in [0.717, 1.165) is 5.56 Å². The summed E-state index contributed by atoms with van der Waals surface area (Å²) in [7, 11) is 0. The fourth-order valence-electron chi connectivity index (χ4n) is 2.25. The number of anilines is 1. The number of nitrogens with zero attached hydrogens (tertiary/aromatic N) is 1. The molecule has 0 spiro atoms. The van der Waals surface area contributed by atoms with Crippen LogP contribution in [-0.2, 0) is 20.9 Å². The van der Waals surface area contributed by atoms with E-state index < -0.39 is 23.7 Å². The van der Waals surface area contributed by atoms with Gasteiger partial charge < -0.3 is 20.5 Å². The number of hydrogen-bond acceptors (Lipinski definition) is 6. The molecule has 3 N–H and O–H groups in total. The van der Waals surface area contributed by atoms with Gasteiger partial charge in [0.2, 0.25) is 0 Å². The maximum absolute atomic E-state index is 12.5. The first kappa shape index (κ1) is 21.8. The number of carbonyl (C=O) groups excluding carboxylic acids is 2. The molecule has 0 radical (unpaired) electrons. The van der Waals surface area contributed by atoms with Gasteiger partial charge in [-0.1, -0.05) is 42.2 Å². The highest BCUT2D eigenvalue weighted by atomic mass is 16.6. The van der Waals surface area contributed by atoms with Crippen LogP contribution in [0, 0.1) is 11.8 Å². The molecule has 7 nitrogen and oxygen atoms in total. The highest BCUT2D eigenvalue weighted by Crippen LogP contribution is 2.09. The van der Waals surface area contributed by atoms with E-state index in [1.54, 1.807) is 33.0 Å². The Morgan fingerprint density at radius 2 is 1.93 bits per heavy atom. The van der Waals surface area contributed by atoms with Gasteiger partial charge in [-0.25, -0.2) is 9.59 Å². The van der Waals surface area contributed by atoms with E-state index in [-0.39, 0.29) is 13.0 Å². The number of esters is 1. The highest BCUT2D eigenvalue weighted by Gasteiger charge is 2.25. The van der Waals surface area contributed by atoms with Crippen LogP contribution in [0.25, 0.3) is 0 Å². The molecule has 1 amide bonds. The van der Waals surface area contributed by atoms with E-state index in [0.29, 0.717) is 11.3 Å². The Bertz CT molecular complexity index is 896. The van der Waals surface area contributed by atoms with Gasteiger partial charge in [-0.05, 0) is 32.4 Å². The lowest BCUT2D eigenvalue weighted by Crippen LogP contribution is -2.44. The van der Waals surface area contributed by atoms with E-state index in [1.807, 2.05) is 30.3 Å². The summed E-state index contributed by atoms with van der Waals surface area (Å²) in [5.41, 5.74) is 6.93. The van der Waals surface area contributed by atoms with Gasteiger partial charge in [-0.2, -0.15) is 0 Å². The number of amides is 1. The number of nitrogen functional groups attached to an aromatic ring is 1. The summed E-state index contributed by atoms with van der Waals surface area (Å²) < 4.78 is 10.6. The Morgan fingerprint density at radius 3 is 2.59 bits per heavy atom. The Labute approximate surface area is 170 Å².